The second kappa shape index (κ2) is 13.5. The number of halogens is 1. The second-order valence-corrected chi connectivity index (χ2v) is 10.3. The maximum atomic E-state index is 13.1. The van der Waals surface area contributed by atoms with Crippen LogP contribution in [0.25, 0.3) is 22.3 Å². The van der Waals surface area contributed by atoms with E-state index < -0.39 is 45.4 Å². The number of likely N-dealkylation sites (tertiary alicyclic amines) is 1. The molecule has 4 atom stereocenters. The van der Waals surface area contributed by atoms with Crippen molar-refractivity contribution in [3.8, 4) is 22.8 Å². The van der Waals surface area contributed by atoms with Crippen molar-refractivity contribution in [2.75, 3.05) is 20.1 Å². The Morgan fingerprint density at radius 1 is 1.27 bits per heavy atom. The Morgan fingerprint density at radius 3 is 2.57 bits per heavy atom. The first-order chi connectivity index (χ1) is 16.4. The van der Waals surface area contributed by atoms with Crippen LogP contribution in [-0.2, 0) is 9.09 Å². The van der Waals surface area contributed by atoms with Gasteiger partial charge in [0.25, 0.3) is 0 Å². The van der Waals surface area contributed by atoms with Gasteiger partial charge in [0.1, 0.15) is 28.2 Å². The Hall–Kier alpha value is -0.0400. The van der Waals surface area contributed by atoms with Crippen molar-refractivity contribution in [3.05, 3.63) is 57.2 Å². The first-order valence-electron chi connectivity index (χ1n) is 10.3. The summed E-state index contributed by atoms with van der Waals surface area (Å²) in [6, 6.07) is 8.53. The van der Waals surface area contributed by atoms with Crippen LogP contribution in [0, 0.1) is 0 Å². The van der Waals surface area contributed by atoms with Crippen LogP contribution < -0.4 is 78.9 Å². The fourth-order valence-electron chi connectivity index (χ4n) is 4.28. The van der Waals surface area contributed by atoms with Gasteiger partial charge in [-0.25, -0.2) is 0 Å². The fourth-order valence-corrected chi connectivity index (χ4v) is 5.35. The minimum atomic E-state index is -5.37. The van der Waals surface area contributed by atoms with Gasteiger partial charge in [-0.3, -0.25) is 9.36 Å². The van der Waals surface area contributed by atoms with Crippen molar-refractivity contribution < 1.29 is 102 Å². The molecule has 1 aromatic heterocycles. The third-order valence-corrected chi connectivity index (χ3v) is 6.90. The van der Waals surface area contributed by atoms with Crippen LogP contribution in [0.4, 0.5) is 0 Å². The number of phosphoric acid groups is 1. The monoisotopic (exact) mass is 589 g/mol. The second-order valence-electron chi connectivity index (χ2n) is 8.07. The van der Waals surface area contributed by atoms with Crippen molar-refractivity contribution in [1.82, 2.24) is 4.90 Å². The molecule has 2 aromatic carbocycles. The van der Waals surface area contributed by atoms with Crippen molar-refractivity contribution in [2.24, 2.45) is 0 Å². The van der Waals surface area contributed by atoms with Crippen LogP contribution >= 0.6 is 28.0 Å². The van der Waals surface area contributed by atoms with E-state index in [1.807, 2.05) is 4.90 Å². The van der Waals surface area contributed by atoms with Crippen molar-refractivity contribution >= 4 is 39.0 Å². The molecule has 0 bridgehead atoms. The number of phosphoric ester groups is 1. The summed E-state index contributed by atoms with van der Waals surface area (Å²) in [5.74, 6) is -1.94. The molecular weight excluding hydrogens is 570 g/mol. The number of phenolic OH excluding ortho intramolecular Hbond substituents is 1. The summed E-state index contributed by atoms with van der Waals surface area (Å²) >= 11 is 6.26. The zero-order valence-electron chi connectivity index (χ0n) is 20.2. The van der Waals surface area contributed by atoms with E-state index in [1.165, 1.54) is 0 Å². The molecule has 11 nitrogen and oxygen atoms in total. The van der Waals surface area contributed by atoms with Gasteiger partial charge in [-0.15, -0.1) is 0 Å². The van der Waals surface area contributed by atoms with Crippen molar-refractivity contribution in [2.45, 2.75) is 18.4 Å². The summed E-state index contributed by atoms with van der Waals surface area (Å²) in [6.45, 7) is 0.647. The molecule has 0 radical (unpaired) electrons. The van der Waals surface area contributed by atoms with Gasteiger partial charge in [0.2, 0.25) is 0 Å². The van der Waals surface area contributed by atoms with E-state index in [4.69, 9.17) is 25.1 Å². The molecule has 188 valence electrons. The van der Waals surface area contributed by atoms with Crippen LogP contribution in [-0.4, -0.2) is 46.0 Å². The maximum absolute atomic E-state index is 13.1. The number of aromatic hydroxyl groups is 1. The van der Waals surface area contributed by atoms with E-state index in [9.17, 15) is 34.0 Å². The van der Waals surface area contributed by atoms with Crippen LogP contribution in [0.5, 0.6) is 11.5 Å². The number of likely N-dealkylation sites (N-methyl/N-ethyl adjacent to an activating group) is 1. The third-order valence-electron chi connectivity index (χ3n) is 5.69. The number of rotatable bonds is 6. The zero-order chi connectivity index (χ0) is 25.5. The van der Waals surface area contributed by atoms with Gasteiger partial charge in [0, 0.05) is 35.7 Å². The predicted molar refractivity (Wildman–Crippen MR) is 124 cm³/mol. The summed E-state index contributed by atoms with van der Waals surface area (Å²) in [4.78, 5) is 56.9. The number of hydrogen-bond donors (Lipinski definition) is 3. The molecule has 1 fully saturated rings. The molecule has 0 saturated carbocycles. The molecule has 0 amide bonds. The number of phenols is 1. The average Bonchev–Trinajstić information content (AvgIpc) is 2.73. The molecule has 4 unspecified atom stereocenters. The minimum absolute atomic E-state index is 0. The summed E-state index contributed by atoms with van der Waals surface area (Å²) < 4.78 is 27.6. The topological polar surface area (TPSA) is 176 Å². The molecule has 4 rings (SSSR count). The molecule has 1 saturated heterocycles. The normalized spacial score (nSPS) is 20.4. The third kappa shape index (κ3) is 7.79. The van der Waals surface area contributed by atoms with E-state index in [0.717, 1.165) is 12.1 Å². The number of nitrogens with zero attached hydrogens (tertiary/aromatic N) is 1. The zero-order valence-corrected chi connectivity index (χ0v) is 26.7. The van der Waals surface area contributed by atoms with Crippen LogP contribution in [0.15, 0.2) is 45.6 Å². The Labute approximate surface area is 262 Å². The van der Waals surface area contributed by atoms with Gasteiger partial charge in [0.05, 0.1) is 19.7 Å². The minimum Gasteiger partial charge on any atom is -0.786 e. The smallest absolute Gasteiger partial charge is 0.786 e. The van der Waals surface area contributed by atoms with Gasteiger partial charge < -0.3 is 43.0 Å². The number of hydrogen-bond acceptors (Lipinski definition) is 10. The summed E-state index contributed by atoms with van der Waals surface area (Å²) in [5, 5.41) is 10.6. The Bertz CT molecular complexity index is 1370. The molecule has 16 heteroatoms. The molecular formula is C21H20ClNNa2O10P2. The maximum Gasteiger partial charge on any atom is 1.00 e. The largest absolute Gasteiger partial charge is 1.00 e. The van der Waals surface area contributed by atoms with Gasteiger partial charge in [-0.2, -0.15) is 0 Å². The van der Waals surface area contributed by atoms with E-state index in [0.29, 0.717) is 12.1 Å². The van der Waals surface area contributed by atoms with Gasteiger partial charge in [-0.1, -0.05) is 23.7 Å². The first kappa shape index (κ1) is 33.2. The van der Waals surface area contributed by atoms with Gasteiger partial charge in [-0.05, 0) is 32.1 Å². The first-order valence-corrected chi connectivity index (χ1v) is 13.3. The molecule has 2 heterocycles. The van der Waals surface area contributed by atoms with E-state index in [-0.39, 0.29) is 99.4 Å². The number of piperidine rings is 1. The summed E-state index contributed by atoms with van der Waals surface area (Å²) in [6.07, 6.45) is -0.675. The Balaban J connectivity index is 0.00000241. The molecule has 1 aliphatic rings. The van der Waals surface area contributed by atoms with E-state index in [1.54, 1.807) is 31.3 Å². The van der Waals surface area contributed by atoms with Crippen molar-refractivity contribution in [1.29, 1.82) is 0 Å². The SMILES string of the molecule is CN1CCC(c2c(OP(=O)([O-])O)cc(O)c3c(=O)cc(-c4ccccc4Cl)oc23)C(OP([O-])O)C1.[Na+].[Na+]. The van der Waals surface area contributed by atoms with Crippen molar-refractivity contribution in [3.63, 3.8) is 0 Å². The Kier molecular flexibility index (Phi) is 12.1. The molecule has 37 heavy (non-hydrogen) atoms. The summed E-state index contributed by atoms with van der Waals surface area (Å²) in [5.41, 5.74) is -0.549. The van der Waals surface area contributed by atoms with Crippen LogP contribution in [0.3, 0.4) is 0 Å². The van der Waals surface area contributed by atoms with Gasteiger partial charge in [0.15, 0.2) is 5.43 Å². The average molecular weight is 590 g/mol. The Morgan fingerprint density at radius 2 is 1.95 bits per heavy atom. The molecule has 3 aromatic rings. The fraction of sp³-hybridized carbons (Fsp3) is 0.286. The molecule has 3 N–H and O–H groups in total. The van der Waals surface area contributed by atoms with Crippen LogP contribution in [0.2, 0.25) is 5.02 Å². The number of fused-ring (bicyclic) bond motifs is 1. The quantitative estimate of drug-likeness (QED) is 0.189. The number of benzene rings is 2. The van der Waals surface area contributed by atoms with E-state index >= 15 is 0 Å². The standard InChI is InChI=1S/C21H21ClNO10P2.2Na/c1-23-7-6-12(18(10-23)32-34(26)27)19-17(33-35(28,29)30)9-15(25)20-14(24)8-16(31-21(19)20)11-4-2-3-5-13(11)22;;/h2-5,8-9,12,18,25-26H,6-7,10H2,1H3,(H2,28,29,30);;/q-1;2*+1/p-1. The molecule has 1 aliphatic heterocycles. The van der Waals surface area contributed by atoms with Gasteiger partial charge >= 0.3 is 66.9 Å². The molecule has 0 aliphatic carbocycles. The van der Waals surface area contributed by atoms with Crippen LogP contribution in [0.1, 0.15) is 17.9 Å². The predicted octanol–water partition coefficient (Wildman–Crippen LogP) is -3.95. The summed E-state index contributed by atoms with van der Waals surface area (Å²) in [7, 11) is -6.65. The molecule has 0 spiro atoms. The van der Waals surface area contributed by atoms with E-state index in [2.05, 4.69) is 0 Å².